The number of carbonyl (C=O) groups excluding carboxylic acids is 1. The van der Waals surface area contributed by atoms with Crippen LogP contribution in [0.15, 0.2) is 72.1 Å². The molecule has 0 spiro atoms. The first kappa shape index (κ1) is 16.3. The molecular weight excluding hydrogens is 322 g/mol. The van der Waals surface area contributed by atoms with E-state index in [0.29, 0.717) is 11.8 Å². The van der Waals surface area contributed by atoms with Gasteiger partial charge in [0.25, 0.3) is 0 Å². The van der Waals surface area contributed by atoms with Crippen LogP contribution in [0.2, 0.25) is 0 Å². The number of aromatic nitrogens is 3. The number of carbonyl (C=O) groups is 1. The molecule has 0 amide bonds. The zero-order valence-electron chi connectivity index (χ0n) is 13.2. The lowest BCUT2D eigenvalue weighted by molar-refractivity contribution is -0.142. The van der Waals surface area contributed by atoms with Gasteiger partial charge in [-0.3, -0.25) is 9.36 Å². The summed E-state index contributed by atoms with van der Waals surface area (Å²) in [5.41, 5.74) is 1.82. The fourth-order valence-electron chi connectivity index (χ4n) is 2.27. The normalized spacial score (nSPS) is 11.9. The molecule has 24 heavy (non-hydrogen) atoms. The lowest BCUT2D eigenvalue weighted by Gasteiger charge is -2.15. The zero-order chi connectivity index (χ0) is 16.8. The monoisotopic (exact) mass is 339 g/mol. The summed E-state index contributed by atoms with van der Waals surface area (Å²) in [7, 11) is 0. The largest absolute Gasteiger partial charge is 0.465 e. The summed E-state index contributed by atoms with van der Waals surface area (Å²) in [4.78, 5) is 12.4. The van der Waals surface area contributed by atoms with Crippen LogP contribution in [0.3, 0.4) is 0 Å². The van der Waals surface area contributed by atoms with Gasteiger partial charge in [0.05, 0.1) is 6.61 Å². The van der Waals surface area contributed by atoms with E-state index in [1.807, 2.05) is 65.2 Å². The predicted octanol–water partition coefficient (Wildman–Crippen LogP) is 3.66. The van der Waals surface area contributed by atoms with Crippen LogP contribution in [-0.4, -0.2) is 27.3 Å². The summed E-state index contributed by atoms with van der Waals surface area (Å²) in [6.45, 7) is 2.14. The van der Waals surface area contributed by atoms with Gasteiger partial charge in [-0.2, -0.15) is 0 Å². The van der Waals surface area contributed by atoms with E-state index in [9.17, 15) is 4.79 Å². The smallest absolute Gasteiger partial charge is 0.324 e. The summed E-state index contributed by atoms with van der Waals surface area (Å²) < 4.78 is 7.10. The molecule has 0 aliphatic heterocycles. The Balaban J connectivity index is 1.92. The van der Waals surface area contributed by atoms with Crippen molar-refractivity contribution in [2.24, 2.45) is 0 Å². The van der Waals surface area contributed by atoms with E-state index in [0.717, 1.165) is 11.3 Å². The highest BCUT2D eigenvalue weighted by Crippen LogP contribution is 2.36. The Labute approximate surface area is 144 Å². The standard InChI is InChI=1S/C18H17N3O2S/c1-2-23-17(22)16(14-9-5-3-6-10-14)24-18-20-19-13-21(18)15-11-7-4-8-12-15/h3-13,16H,2H2,1H3. The van der Waals surface area contributed by atoms with Gasteiger partial charge >= 0.3 is 5.97 Å². The number of nitrogens with zero attached hydrogens (tertiary/aromatic N) is 3. The van der Waals surface area contributed by atoms with Crippen molar-refractivity contribution >= 4 is 17.7 Å². The summed E-state index contributed by atoms with van der Waals surface area (Å²) in [6, 6.07) is 19.3. The van der Waals surface area contributed by atoms with E-state index in [2.05, 4.69) is 10.2 Å². The Hall–Kier alpha value is -2.60. The van der Waals surface area contributed by atoms with Gasteiger partial charge in [-0.25, -0.2) is 0 Å². The van der Waals surface area contributed by atoms with Crippen LogP contribution in [0, 0.1) is 0 Å². The van der Waals surface area contributed by atoms with E-state index < -0.39 is 5.25 Å². The highest BCUT2D eigenvalue weighted by Gasteiger charge is 2.25. The highest BCUT2D eigenvalue weighted by molar-refractivity contribution is 8.00. The van der Waals surface area contributed by atoms with Crippen LogP contribution < -0.4 is 0 Å². The van der Waals surface area contributed by atoms with Crippen molar-refractivity contribution in [3.8, 4) is 5.69 Å². The number of ether oxygens (including phenoxy) is 1. The molecule has 0 fully saturated rings. The summed E-state index contributed by atoms with van der Waals surface area (Å²) in [5.74, 6) is -0.281. The molecule has 0 saturated heterocycles. The number of hydrogen-bond acceptors (Lipinski definition) is 5. The van der Waals surface area contributed by atoms with Crippen molar-refractivity contribution in [3.05, 3.63) is 72.6 Å². The van der Waals surface area contributed by atoms with E-state index in [4.69, 9.17) is 4.74 Å². The molecule has 3 aromatic rings. The third-order valence-corrected chi connectivity index (χ3v) is 4.57. The van der Waals surface area contributed by atoms with Crippen molar-refractivity contribution in [1.82, 2.24) is 14.8 Å². The van der Waals surface area contributed by atoms with Crippen LogP contribution in [0.5, 0.6) is 0 Å². The van der Waals surface area contributed by atoms with E-state index >= 15 is 0 Å². The SMILES string of the molecule is CCOC(=O)C(Sc1nncn1-c1ccccc1)c1ccccc1. The Morgan fingerprint density at radius 3 is 2.46 bits per heavy atom. The molecule has 5 nitrogen and oxygen atoms in total. The average molecular weight is 339 g/mol. The molecule has 1 aromatic heterocycles. The van der Waals surface area contributed by atoms with Crippen LogP contribution in [-0.2, 0) is 9.53 Å². The molecule has 0 aliphatic rings. The van der Waals surface area contributed by atoms with Crippen LogP contribution in [0.4, 0.5) is 0 Å². The number of thioether (sulfide) groups is 1. The second-order valence-corrected chi connectivity index (χ2v) is 6.05. The maximum atomic E-state index is 12.4. The first-order chi connectivity index (χ1) is 11.8. The minimum Gasteiger partial charge on any atom is -0.465 e. The first-order valence-corrected chi connectivity index (χ1v) is 8.51. The van der Waals surface area contributed by atoms with Gasteiger partial charge in [0, 0.05) is 5.69 Å². The van der Waals surface area contributed by atoms with E-state index in [-0.39, 0.29) is 5.97 Å². The lowest BCUT2D eigenvalue weighted by Crippen LogP contribution is -2.14. The number of benzene rings is 2. The molecule has 2 aromatic carbocycles. The summed E-state index contributed by atoms with van der Waals surface area (Å²) in [6.07, 6.45) is 1.64. The van der Waals surface area contributed by atoms with Crippen LogP contribution in [0.25, 0.3) is 5.69 Å². The minimum absolute atomic E-state index is 0.281. The molecule has 0 saturated carbocycles. The van der Waals surface area contributed by atoms with Gasteiger partial charge in [-0.1, -0.05) is 60.3 Å². The molecule has 6 heteroatoms. The third kappa shape index (κ3) is 3.65. The van der Waals surface area contributed by atoms with E-state index in [1.165, 1.54) is 11.8 Å². The van der Waals surface area contributed by atoms with Crippen molar-refractivity contribution in [3.63, 3.8) is 0 Å². The highest BCUT2D eigenvalue weighted by atomic mass is 32.2. The van der Waals surface area contributed by atoms with E-state index in [1.54, 1.807) is 13.3 Å². The molecule has 122 valence electrons. The van der Waals surface area contributed by atoms with Gasteiger partial charge in [0.2, 0.25) is 0 Å². The molecule has 1 unspecified atom stereocenters. The molecule has 0 bridgehead atoms. The molecule has 0 N–H and O–H groups in total. The predicted molar refractivity (Wildman–Crippen MR) is 93.0 cm³/mol. The van der Waals surface area contributed by atoms with Crippen LogP contribution in [0.1, 0.15) is 17.7 Å². The fraction of sp³-hybridized carbons (Fsp3) is 0.167. The second kappa shape index (κ2) is 7.79. The fourth-order valence-corrected chi connectivity index (χ4v) is 3.30. The summed E-state index contributed by atoms with van der Waals surface area (Å²) >= 11 is 1.33. The molecule has 3 rings (SSSR count). The number of para-hydroxylation sites is 1. The second-order valence-electron chi connectivity index (χ2n) is 4.98. The molecule has 1 atom stereocenters. The minimum atomic E-state index is -0.488. The molecular formula is C18H17N3O2S. The van der Waals surface area contributed by atoms with Gasteiger partial charge < -0.3 is 4.74 Å². The van der Waals surface area contributed by atoms with Crippen LogP contribution >= 0.6 is 11.8 Å². The van der Waals surface area contributed by atoms with Gasteiger partial charge in [-0.15, -0.1) is 10.2 Å². The van der Waals surface area contributed by atoms with Crippen molar-refractivity contribution in [2.75, 3.05) is 6.61 Å². The Morgan fingerprint density at radius 1 is 1.12 bits per heavy atom. The Bertz CT molecular complexity index is 790. The number of rotatable bonds is 6. The molecule has 0 radical (unpaired) electrons. The molecule has 1 heterocycles. The maximum absolute atomic E-state index is 12.4. The van der Waals surface area contributed by atoms with Crippen molar-refractivity contribution in [1.29, 1.82) is 0 Å². The average Bonchev–Trinajstić information content (AvgIpc) is 3.09. The number of esters is 1. The summed E-state index contributed by atoms with van der Waals surface area (Å²) in [5, 5.41) is 8.31. The van der Waals surface area contributed by atoms with Crippen molar-refractivity contribution < 1.29 is 9.53 Å². The van der Waals surface area contributed by atoms with Gasteiger partial charge in [-0.05, 0) is 24.6 Å². The van der Waals surface area contributed by atoms with Gasteiger partial charge in [0.1, 0.15) is 11.6 Å². The first-order valence-electron chi connectivity index (χ1n) is 7.63. The van der Waals surface area contributed by atoms with Gasteiger partial charge in [0.15, 0.2) is 5.16 Å². The zero-order valence-corrected chi connectivity index (χ0v) is 14.0. The lowest BCUT2D eigenvalue weighted by atomic mass is 10.1. The Kier molecular flexibility index (Phi) is 5.28. The Morgan fingerprint density at radius 2 is 1.79 bits per heavy atom. The molecule has 0 aliphatic carbocycles. The van der Waals surface area contributed by atoms with Crippen molar-refractivity contribution in [2.45, 2.75) is 17.3 Å². The topological polar surface area (TPSA) is 57.0 Å². The maximum Gasteiger partial charge on any atom is 0.324 e. The quantitative estimate of drug-likeness (QED) is 0.507. The number of hydrogen-bond donors (Lipinski definition) is 0. The third-order valence-electron chi connectivity index (χ3n) is 3.38.